The average Bonchev–Trinajstić information content (AvgIpc) is 3.03. The molecule has 94 valence electrons. The zero-order valence-electron chi connectivity index (χ0n) is 10.1. The minimum Gasteiger partial charge on any atom is -0.481 e. The van der Waals surface area contributed by atoms with Gasteiger partial charge in [-0.15, -0.1) is 0 Å². The van der Waals surface area contributed by atoms with Gasteiger partial charge in [-0.2, -0.15) is 0 Å². The maximum absolute atomic E-state index is 10.5. The Morgan fingerprint density at radius 3 is 3.06 bits per heavy atom. The summed E-state index contributed by atoms with van der Waals surface area (Å²) >= 11 is 1.30. The molecule has 0 aliphatic heterocycles. The molecule has 0 spiro atoms. The minimum absolute atomic E-state index is 0.0824. The second-order valence-electron chi connectivity index (χ2n) is 4.60. The van der Waals surface area contributed by atoms with Crippen LogP contribution in [-0.2, 0) is 11.3 Å². The van der Waals surface area contributed by atoms with E-state index in [1.165, 1.54) is 37.4 Å². The smallest absolute Gasteiger partial charge is 0.313 e. The van der Waals surface area contributed by atoms with Gasteiger partial charge in [0.15, 0.2) is 5.16 Å². The molecular weight excluding hydrogens is 236 g/mol. The molecule has 2 rings (SSSR count). The normalized spacial score (nSPS) is 15.1. The third-order valence-corrected chi connectivity index (χ3v) is 4.01. The summed E-state index contributed by atoms with van der Waals surface area (Å²) in [5, 5.41) is 9.51. The maximum atomic E-state index is 10.5. The Balaban J connectivity index is 1.88. The molecule has 1 aromatic rings. The van der Waals surface area contributed by atoms with Crippen molar-refractivity contribution in [3.8, 4) is 0 Å². The molecule has 1 N–H and O–H groups in total. The molecule has 0 amide bonds. The Bertz CT molecular complexity index is 399. The molecule has 0 radical (unpaired) electrons. The van der Waals surface area contributed by atoms with Crippen LogP contribution >= 0.6 is 11.8 Å². The van der Waals surface area contributed by atoms with Gasteiger partial charge in [-0.25, -0.2) is 4.98 Å². The summed E-state index contributed by atoms with van der Waals surface area (Å²) in [6, 6.07) is 0. The zero-order valence-corrected chi connectivity index (χ0v) is 10.9. The standard InChI is InChI=1S/C12H18N2O2S/c1-9-7-13-12(17-8-11(15)16)14(9)6-2-3-10-4-5-10/h7,10H,2-6,8H2,1H3,(H,15,16). The second kappa shape index (κ2) is 5.58. The first-order valence-corrected chi connectivity index (χ1v) is 7.02. The minimum atomic E-state index is -0.791. The van der Waals surface area contributed by atoms with Crippen LogP contribution in [-0.4, -0.2) is 26.4 Å². The van der Waals surface area contributed by atoms with Crippen molar-refractivity contribution >= 4 is 17.7 Å². The van der Waals surface area contributed by atoms with Crippen molar-refractivity contribution in [1.29, 1.82) is 0 Å². The Morgan fingerprint density at radius 2 is 2.41 bits per heavy atom. The molecule has 0 unspecified atom stereocenters. The zero-order chi connectivity index (χ0) is 12.3. The van der Waals surface area contributed by atoms with Gasteiger partial charge in [0.1, 0.15) is 0 Å². The van der Waals surface area contributed by atoms with Gasteiger partial charge >= 0.3 is 5.97 Å². The summed E-state index contributed by atoms with van der Waals surface area (Å²) in [7, 11) is 0. The molecule has 5 heteroatoms. The molecule has 0 atom stereocenters. The van der Waals surface area contributed by atoms with Crippen LogP contribution in [0.25, 0.3) is 0 Å². The van der Waals surface area contributed by atoms with E-state index in [1.54, 1.807) is 0 Å². The summed E-state index contributed by atoms with van der Waals surface area (Å²) < 4.78 is 2.13. The van der Waals surface area contributed by atoms with E-state index >= 15 is 0 Å². The van der Waals surface area contributed by atoms with Crippen LogP contribution in [0.1, 0.15) is 31.4 Å². The van der Waals surface area contributed by atoms with Crippen LogP contribution in [0.2, 0.25) is 0 Å². The van der Waals surface area contributed by atoms with Crippen LogP contribution in [0.5, 0.6) is 0 Å². The fourth-order valence-corrected chi connectivity index (χ4v) is 2.67. The summed E-state index contributed by atoms with van der Waals surface area (Å²) in [5.74, 6) is 0.244. The molecule has 1 aliphatic carbocycles. The third kappa shape index (κ3) is 3.77. The largest absolute Gasteiger partial charge is 0.481 e. The van der Waals surface area contributed by atoms with Gasteiger partial charge < -0.3 is 9.67 Å². The van der Waals surface area contributed by atoms with Gasteiger partial charge in [0.2, 0.25) is 0 Å². The van der Waals surface area contributed by atoms with E-state index in [-0.39, 0.29) is 5.75 Å². The fraction of sp³-hybridized carbons (Fsp3) is 0.667. The molecule has 1 fully saturated rings. The molecule has 17 heavy (non-hydrogen) atoms. The fourth-order valence-electron chi connectivity index (χ4n) is 1.90. The third-order valence-electron chi connectivity index (χ3n) is 3.03. The van der Waals surface area contributed by atoms with Crippen LogP contribution in [0.3, 0.4) is 0 Å². The van der Waals surface area contributed by atoms with Crippen LogP contribution in [0.4, 0.5) is 0 Å². The molecule has 4 nitrogen and oxygen atoms in total. The maximum Gasteiger partial charge on any atom is 0.313 e. The number of thioether (sulfide) groups is 1. The van der Waals surface area contributed by atoms with E-state index in [4.69, 9.17) is 5.11 Å². The van der Waals surface area contributed by atoms with E-state index in [1.807, 2.05) is 13.1 Å². The highest BCUT2D eigenvalue weighted by Gasteiger charge is 2.20. The van der Waals surface area contributed by atoms with Crippen LogP contribution in [0.15, 0.2) is 11.4 Å². The van der Waals surface area contributed by atoms with Gasteiger partial charge in [-0.05, 0) is 25.7 Å². The Labute approximate surface area is 105 Å². The quantitative estimate of drug-likeness (QED) is 0.760. The van der Waals surface area contributed by atoms with Crippen LogP contribution < -0.4 is 0 Å². The molecule has 0 saturated heterocycles. The number of aromatic nitrogens is 2. The highest BCUT2D eigenvalue weighted by atomic mass is 32.2. The van der Waals surface area contributed by atoms with E-state index in [0.717, 1.165) is 23.3 Å². The number of hydrogen-bond acceptors (Lipinski definition) is 3. The Morgan fingerprint density at radius 1 is 1.65 bits per heavy atom. The summed E-state index contributed by atoms with van der Waals surface area (Å²) in [6.45, 7) is 2.99. The molecule has 0 bridgehead atoms. The summed E-state index contributed by atoms with van der Waals surface area (Å²) in [4.78, 5) is 14.8. The predicted molar refractivity (Wildman–Crippen MR) is 67.3 cm³/mol. The molecular formula is C12H18N2O2S. The summed E-state index contributed by atoms with van der Waals surface area (Å²) in [6.07, 6.45) is 7.07. The van der Waals surface area contributed by atoms with Crippen molar-refractivity contribution in [2.75, 3.05) is 5.75 Å². The first kappa shape index (κ1) is 12.5. The molecule has 1 saturated carbocycles. The average molecular weight is 254 g/mol. The second-order valence-corrected chi connectivity index (χ2v) is 5.54. The molecule has 1 aliphatic rings. The number of hydrogen-bond donors (Lipinski definition) is 1. The number of rotatable bonds is 7. The summed E-state index contributed by atoms with van der Waals surface area (Å²) in [5.41, 5.74) is 1.12. The lowest BCUT2D eigenvalue weighted by Crippen LogP contribution is -2.05. The van der Waals surface area contributed by atoms with Crippen molar-refractivity contribution in [2.45, 2.75) is 44.3 Å². The van der Waals surface area contributed by atoms with Gasteiger partial charge in [0, 0.05) is 18.4 Å². The topological polar surface area (TPSA) is 55.1 Å². The van der Waals surface area contributed by atoms with Crippen molar-refractivity contribution in [1.82, 2.24) is 9.55 Å². The Kier molecular flexibility index (Phi) is 4.10. The highest BCUT2D eigenvalue weighted by Crippen LogP contribution is 2.33. The number of nitrogens with zero attached hydrogens (tertiary/aromatic N) is 2. The lowest BCUT2D eigenvalue weighted by molar-refractivity contribution is -0.133. The van der Waals surface area contributed by atoms with Crippen molar-refractivity contribution in [2.24, 2.45) is 5.92 Å². The van der Waals surface area contributed by atoms with E-state index < -0.39 is 5.97 Å². The molecule has 1 heterocycles. The van der Waals surface area contributed by atoms with Gasteiger partial charge in [-0.3, -0.25) is 4.79 Å². The highest BCUT2D eigenvalue weighted by molar-refractivity contribution is 7.99. The lowest BCUT2D eigenvalue weighted by atomic mass is 10.2. The number of carbonyl (C=O) groups is 1. The Hall–Kier alpha value is -0.970. The molecule has 1 aromatic heterocycles. The number of imidazole rings is 1. The van der Waals surface area contributed by atoms with Gasteiger partial charge in [0.25, 0.3) is 0 Å². The number of aryl methyl sites for hydroxylation is 1. The van der Waals surface area contributed by atoms with Gasteiger partial charge in [-0.1, -0.05) is 24.6 Å². The predicted octanol–water partition coefficient (Wildman–Crippen LogP) is 2.56. The van der Waals surface area contributed by atoms with E-state index in [0.29, 0.717) is 0 Å². The lowest BCUT2D eigenvalue weighted by Gasteiger charge is -2.08. The molecule has 0 aromatic carbocycles. The SMILES string of the molecule is Cc1cnc(SCC(=O)O)n1CCCC1CC1. The number of carboxylic acid groups (broad SMARTS) is 1. The van der Waals surface area contributed by atoms with Crippen LogP contribution in [0, 0.1) is 12.8 Å². The van der Waals surface area contributed by atoms with E-state index in [9.17, 15) is 4.79 Å². The van der Waals surface area contributed by atoms with Crippen molar-refractivity contribution < 1.29 is 9.90 Å². The first-order chi connectivity index (χ1) is 8.16. The monoisotopic (exact) mass is 254 g/mol. The van der Waals surface area contributed by atoms with E-state index in [2.05, 4.69) is 9.55 Å². The number of aliphatic carboxylic acids is 1. The van der Waals surface area contributed by atoms with Crippen molar-refractivity contribution in [3.05, 3.63) is 11.9 Å². The van der Waals surface area contributed by atoms with Crippen molar-refractivity contribution in [3.63, 3.8) is 0 Å². The van der Waals surface area contributed by atoms with Gasteiger partial charge in [0.05, 0.1) is 5.75 Å². The number of carboxylic acids is 1. The first-order valence-electron chi connectivity index (χ1n) is 6.03.